The minimum absolute atomic E-state index is 0.290. The fourth-order valence-electron chi connectivity index (χ4n) is 2.20. The van der Waals surface area contributed by atoms with Crippen molar-refractivity contribution in [2.75, 3.05) is 5.32 Å². The van der Waals surface area contributed by atoms with E-state index in [1.54, 1.807) is 35.1 Å². The summed E-state index contributed by atoms with van der Waals surface area (Å²) in [5, 5.41) is 8.43. The Morgan fingerprint density at radius 2 is 1.88 bits per heavy atom. The van der Waals surface area contributed by atoms with Crippen LogP contribution in [0.1, 0.15) is 15.9 Å². The zero-order chi connectivity index (χ0) is 17.1. The first-order chi connectivity index (χ1) is 11.5. The summed E-state index contributed by atoms with van der Waals surface area (Å²) in [6.45, 7) is 0.491. The summed E-state index contributed by atoms with van der Waals surface area (Å²) in [5.41, 5.74) is 1.40. The molecule has 1 N–H and O–H groups in total. The molecule has 0 saturated heterocycles. The smallest absolute Gasteiger partial charge is 0.256 e. The van der Waals surface area contributed by atoms with Gasteiger partial charge in [0.25, 0.3) is 5.91 Å². The van der Waals surface area contributed by atoms with Crippen molar-refractivity contribution in [3.8, 4) is 0 Å². The molecule has 7 heteroatoms. The van der Waals surface area contributed by atoms with Crippen molar-refractivity contribution in [1.82, 2.24) is 9.78 Å². The van der Waals surface area contributed by atoms with Gasteiger partial charge in [0.1, 0.15) is 5.82 Å². The first kappa shape index (κ1) is 16.8. The van der Waals surface area contributed by atoms with Crippen molar-refractivity contribution < 1.29 is 4.79 Å². The minimum atomic E-state index is -0.290. The molecule has 0 unspecified atom stereocenters. The number of rotatable bonds is 4. The second kappa shape index (κ2) is 7.26. The average molecular weight is 381 g/mol. The van der Waals surface area contributed by atoms with Gasteiger partial charge in [-0.1, -0.05) is 46.9 Å². The molecule has 0 fully saturated rings. The Hall–Kier alpha value is -2.01. The summed E-state index contributed by atoms with van der Waals surface area (Å²) in [6.07, 6.45) is 1.62. The van der Waals surface area contributed by atoms with E-state index in [1.165, 1.54) is 6.07 Å². The number of carbonyl (C=O) groups excluding carboxylic acids is 1. The maximum atomic E-state index is 12.4. The number of halogens is 3. The molecule has 1 aromatic heterocycles. The van der Waals surface area contributed by atoms with Crippen LogP contribution in [0.4, 0.5) is 5.82 Å². The van der Waals surface area contributed by atoms with Gasteiger partial charge in [0, 0.05) is 16.7 Å². The van der Waals surface area contributed by atoms with Crippen molar-refractivity contribution in [2.24, 2.45) is 0 Å². The quantitative estimate of drug-likeness (QED) is 0.681. The first-order valence-corrected chi connectivity index (χ1v) is 8.19. The van der Waals surface area contributed by atoms with Crippen LogP contribution in [0, 0.1) is 0 Å². The normalized spacial score (nSPS) is 10.6. The van der Waals surface area contributed by atoms with Crippen molar-refractivity contribution >= 4 is 46.5 Å². The summed E-state index contributed by atoms with van der Waals surface area (Å²) in [4.78, 5) is 12.4. The van der Waals surface area contributed by atoms with E-state index in [1.807, 2.05) is 18.2 Å². The molecule has 0 aliphatic heterocycles. The Morgan fingerprint density at radius 1 is 1.04 bits per heavy atom. The minimum Gasteiger partial charge on any atom is -0.307 e. The van der Waals surface area contributed by atoms with Gasteiger partial charge in [0.15, 0.2) is 0 Å². The lowest BCUT2D eigenvalue weighted by atomic mass is 10.2. The van der Waals surface area contributed by atoms with E-state index in [2.05, 4.69) is 10.4 Å². The molecule has 0 aliphatic carbocycles. The molecule has 4 nitrogen and oxygen atoms in total. The van der Waals surface area contributed by atoms with E-state index in [4.69, 9.17) is 34.8 Å². The number of aromatic nitrogens is 2. The summed E-state index contributed by atoms with van der Waals surface area (Å²) in [7, 11) is 0. The Kier molecular flexibility index (Phi) is 5.09. The highest BCUT2D eigenvalue weighted by Gasteiger charge is 2.11. The summed E-state index contributed by atoms with van der Waals surface area (Å²) < 4.78 is 1.68. The third-order valence-electron chi connectivity index (χ3n) is 3.36. The van der Waals surface area contributed by atoms with Crippen molar-refractivity contribution in [3.05, 3.63) is 80.9 Å². The molecule has 0 saturated carbocycles. The van der Waals surface area contributed by atoms with Crippen LogP contribution in [0.15, 0.2) is 54.7 Å². The summed E-state index contributed by atoms with van der Waals surface area (Å²) in [5.74, 6) is 0.285. The highest BCUT2D eigenvalue weighted by molar-refractivity contribution is 6.42. The van der Waals surface area contributed by atoms with Gasteiger partial charge in [-0.15, -0.1) is 0 Å². The van der Waals surface area contributed by atoms with Crippen molar-refractivity contribution in [2.45, 2.75) is 6.54 Å². The van der Waals surface area contributed by atoms with Crippen LogP contribution in [0.3, 0.4) is 0 Å². The molecule has 1 amide bonds. The number of benzene rings is 2. The summed E-state index contributed by atoms with van der Waals surface area (Å²) in [6, 6.07) is 13.9. The fourth-order valence-corrected chi connectivity index (χ4v) is 2.71. The Morgan fingerprint density at radius 3 is 2.62 bits per heavy atom. The highest BCUT2D eigenvalue weighted by atomic mass is 35.5. The van der Waals surface area contributed by atoms with Crippen LogP contribution >= 0.6 is 34.8 Å². The van der Waals surface area contributed by atoms with Gasteiger partial charge in [0.2, 0.25) is 0 Å². The van der Waals surface area contributed by atoms with Crippen molar-refractivity contribution in [3.63, 3.8) is 0 Å². The molecule has 0 spiro atoms. The van der Waals surface area contributed by atoms with Crippen molar-refractivity contribution in [1.29, 1.82) is 0 Å². The molecule has 0 bridgehead atoms. The predicted octanol–water partition coefficient (Wildman–Crippen LogP) is 5.14. The molecular formula is C17H12Cl3N3O. The maximum Gasteiger partial charge on any atom is 0.256 e. The predicted molar refractivity (Wildman–Crippen MR) is 97.2 cm³/mol. The van der Waals surface area contributed by atoms with Gasteiger partial charge in [-0.05, 0) is 35.9 Å². The summed E-state index contributed by atoms with van der Waals surface area (Å²) >= 11 is 17.8. The molecule has 1 heterocycles. The third kappa shape index (κ3) is 3.90. The highest BCUT2D eigenvalue weighted by Crippen LogP contribution is 2.23. The number of carbonyl (C=O) groups is 1. The lowest BCUT2D eigenvalue weighted by molar-refractivity contribution is 0.102. The lowest BCUT2D eigenvalue weighted by Gasteiger charge is -2.10. The fraction of sp³-hybridized carbons (Fsp3) is 0.0588. The van der Waals surface area contributed by atoms with Gasteiger partial charge in [-0.2, -0.15) is 5.10 Å². The van der Waals surface area contributed by atoms with Gasteiger partial charge in [-0.25, -0.2) is 4.68 Å². The molecule has 3 rings (SSSR count). The Labute approximate surface area is 154 Å². The van der Waals surface area contributed by atoms with E-state index in [0.717, 1.165) is 5.56 Å². The molecular weight excluding hydrogens is 369 g/mol. The topological polar surface area (TPSA) is 46.9 Å². The van der Waals surface area contributed by atoms with Gasteiger partial charge in [-0.3, -0.25) is 4.79 Å². The number of nitrogens with one attached hydrogen (secondary N) is 1. The van der Waals surface area contributed by atoms with E-state index in [9.17, 15) is 4.79 Å². The van der Waals surface area contributed by atoms with E-state index in [0.29, 0.717) is 33.0 Å². The Bertz CT molecular complexity index is 892. The largest absolute Gasteiger partial charge is 0.307 e. The van der Waals surface area contributed by atoms with E-state index >= 15 is 0 Å². The number of nitrogens with zero attached hydrogens (tertiary/aromatic N) is 2. The second-order valence-corrected chi connectivity index (χ2v) is 6.34. The van der Waals surface area contributed by atoms with E-state index < -0.39 is 0 Å². The molecule has 122 valence electrons. The first-order valence-electron chi connectivity index (χ1n) is 7.05. The van der Waals surface area contributed by atoms with Crippen LogP contribution < -0.4 is 5.32 Å². The third-order valence-corrected chi connectivity index (χ3v) is 4.34. The molecule has 2 aromatic carbocycles. The SMILES string of the molecule is O=C(Nc1ccnn1Cc1cccc(Cl)c1)c1ccc(Cl)c(Cl)c1. The molecule has 0 atom stereocenters. The van der Waals surface area contributed by atoms with Crippen LogP contribution in [-0.2, 0) is 6.54 Å². The number of anilines is 1. The van der Waals surface area contributed by atoms with Crippen LogP contribution in [0.25, 0.3) is 0 Å². The standard InChI is InChI=1S/C17H12Cl3N3O/c18-13-3-1-2-11(8-13)10-23-16(6-7-21-23)22-17(24)12-4-5-14(19)15(20)9-12/h1-9H,10H2,(H,22,24). The molecule has 3 aromatic rings. The zero-order valence-electron chi connectivity index (χ0n) is 12.3. The van der Waals surface area contributed by atoms with Crippen LogP contribution in [0.5, 0.6) is 0 Å². The number of amides is 1. The number of hydrogen-bond acceptors (Lipinski definition) is 2. The lowest BCUT2D eigenvalue weighted by Crippen LogP contribution is -2.16. The number of hydrogen-bond donors (Lipinski definition) is 1. The van der Waals surface area contributed by atoms with Crippen LogP contribution in [-0.4, -0.2) is 15.7 Å². The molecule has 0 radical (unpaired) electrons. The van der Waals surface area contributed by atoms with Gasteiger partial charge < -0.3 is 5.32 Å². The van der Waals surface area contributed by atoms with Gasteiger partial charge in [0.05, 0.1) is 22.8 Å². The average Bonchev–Trinajstić information content (AvgIpc) is 2.97. The van der Waals surface area contributed by atoms with Gasteiger partial charge >= 0.3 is 0 Å². The maximum absolute atomic E-state index is 12.4. The van der Waals surface area contributed by atoms with E-state index in [-0.39, 0.29) is 5.91 Å². The second-order valence-electron chi connectivity index (χ2n) is 5.09. The molecule has 0 aliphatic rings. The zero-order valence-corrected chi connectivity index (χ0v) is 14.6. The Balaban J connectivity index is 1.77. The van der Waals surface area contributed by atoms with Crippen LogP contribution in [0.2, 0.25) is 15.1 Å². The molecule has 24 heavy (non-hydrogen) atoms. The monoisotopic (exact) mass is 379 g/mol.